The van der Waals surface area contributed by atoms with Crippen LogP contribution in [0, 0.1) is 0 Å². The Kier molecular flexibility index (Phi) is 4.00. The topological polar surface area (TPSA) is 38.8 Å². The number of ether oxygens (including phenoxy) is 2. The number of benzene rings is 1. The largest absolute Gasteiger partial charge is 0.348 e. The standard InChI is InChI=1S/C17H23NO3/c1-18(2)16(19)15-5-3-13(4-6-15)14-7-9-17(10-8-14)20-11-12-21-17/h3-6,14H,7-12H2,1-2H3. The van der Waals surface area contributed by atoms with Crippen LogP contribution < -0.4 is 0 Å². The minimum atomic E-state index is -0.294. The number of hydrogen-bond donors (Lipinski definition) is 0. The van der Waals surface area contributed by atoms with Crippen molar-refractivity contribution in [2.45, 2.75) is 37.4 Å². The van der Waals surface area contributed by atoms with Crippen molar-refractivity contribution in [2.24, 2.45) is 0 Å². The van der Waals surface area contributed by atoms with Crippen molar-refractivity contribution in [3.8, 4) is 0 Å². The summed E-state index contributed by atoms with van der Waals surface area (Å²) < 4.78 is 11.5. The Balaban J connectivity index is 1.64. The highest BCUT2D eigenvalue weighted by molar-refractivity contribution is 5.93. The lowest BCUT2D eigenvalue weighted by molar-refractivity contribution is -0.178. The van der Waals surface area contributed by atoms with E-state index < -0.39 is 0 Å². The summed E-state index contributed by atoms with van der Waals surface area (Å²) in [5, 5.41) is 0. The van der Waals surface area contributed by atoms with Gasteiger partial charge in [0.25, 0.3) is 5.91 Å². The first-order valence-corrected chi connectivity index (χ1v) is 7.69. The molecule has 0 atom stereocenters. The molecular formula is C17H23NO3. The first kappa shape index (κ1) is 14.5. The number of carbonyl (C=O) groups is 1. The Morgan fingerprint density at radius 2 is 1.67 bits per heavy atom. The molecule has 0 N–H and O–H groups in total. The van der Waals surface area contributed by atoms with E-state index in [4.69, 9.17) is 9.47 Å². The molecule has 1 saturated heterocycles. The summed E-state index contributed by atoms with van der Waals surface area (Å²) in [5.41, 5.74) is 2.07. The summed E-state index contributed by atoms with van der Waals surface area (Å²) in [5.74, 6) is 0.306. The van der Waals surface area contributed by atoms with E-state index in [2.05, 4.69) is 12.1 Å². The Morgan fingerprint density at radius 1 is 1.10 bits per heavy atom. The molecule has 1 amide bonds. The van der Waals surface area contributed by atoms with Gasteiger partial charge in [-0.15, -0.1) is 0 Å². The molecule has 1 aromatic carbocycles. The summed E-state index contributed by atoms with van der Waals surface area (Å²) in [6.07, 6.45) is 4.11. The van der Waals surface area contributed by atoms with E-state index in [1.807, 2.05) is 12.1 Å². The highest BCUT2D eigenvalue weighted by Gasteiger charge is 2.40. The van der Waals surface area contributed by atoms with Gasteiger partial charge in [-0.05, 0) is 36.5 Å². The molecule has 0 unspecified atom stereocenters. The lowest BCUT2D eigenvalue weighted by Crippen LogP contribution is -2.34. The Hall–Kier alpha value is -1.39. The van der Waals surface area contributed by atoms with Gasteiger partial charge in [-0.25, -0.2) is 0 Å². The molecule has 3 rings (SSSR count). The summed E-state index contributed by atoms with van der Waals surface area (Å²) in [4.78, 5) is 13.5. The van der Waals surface area contributed by atoms with Crippen molar-refractivity contribution < 1.29 is 14.3 Å². The van der Waals surface area contributed by atoms with Crippen molar-refractivity contribution in [3.63, 3.8) is 0 Å². The summed E-state index contributed by atoms with van der Waals surface area (Å²) >= 11 is 0. The van der Waals surface area contributed by atoms with Crippen LogP contribution in [-0.2, 0) is 9.47 Å². The van der Waals surface area contributed by atoms with Crippen LogP contribution in [0.4, 0.5) is 0 Å². The van der Waals surface area contributed by atoms with Gasteiger partial charge in [-0.1, -0.05) is 12.1 Å². The van der Waals surface area contributed by atoms with Gasteiger partial charge < -0.3 is 14.4 Å². The Morgan fingerprint density at radius 3 is 2.19 bits per heavy atom. The predicted octanol–water partition coefficient (Wildman–Crippen LogP) is 2.79. The fraction of sp³-hybridized carbons (Fsp3) is 0.588. The second-order valence-corrected chi connectivity index (χ2v) is 6.20. The SMILES string of the molecule is CN(C)C(=O)c1ccc(C2CCC3(CC2)OCCO3)cc1. The Bertz CT molecular complexity index is 493. The van der Waals surface area contributed by atoms with Crippen LogP contribution in [0.25, 0.3) is 0 Å². The first-order valence-electron chi connectivity index (χ1n) is 7.69. The molecule has 4 nitrogen and oxygen atoms in total. The van der Waals surface area contributed by atoms with E-state index in [-0.39, 0.29) is 11.7 Å². The zero-order valence-electron chi connectivity index (χ0n) is 12.8. The predicted molar refractivity (Wildman–Crippen MR) is 80.3 cm³/mol. The molecule has 2 aliphatic rings. The number of rotatable bonds is 2. The molecular weight excluding hydrogens is 266 g/mol. The second kappa shape index (κ2) is 5.78. The van der Waals surface area contributed by atoms with Gasteiger partial charge in [0, 0.05) is 32.5 Å². The minimum absolute atomic E-state index is 0.0527. The zero-order valence-corrected chi connectivity index (χ0v) is 12.8. The van der Waals surface area contributed by atoms with E-state index >= 15 is 0 Å². The summed E-state index contributed by atoms with van der Waals surface area (Å²) in [6, 6.07) is 8.06. The zero-order chi connectivity index (χ0) is 14.9. The summed E-state index contributed by atoms with van der Waals surface area (Å²) in [6.45, 7) is 1.46. The van der Waals surface area contributed by atoms with Crippen LogP contribution in [0.15, 0.2) is 24.3 Å². The van der Waals surface area contributed by atoms with Crippen molar-refractivity contribution in [1.82, 2.24) is 4.90 Å². The quantitative estimate of drug-likeness (QED) is 0.840. The van der Waals surface area contributed by atoms with Crippen LogP contribution in [0.3, 0.4) is 0 Å². The van der Waals surface area contributed by atoms with E-state index in [0.29, 0.717) is 5.92 Å². The van der Waals surface area contributed by atoms with Gasteiger partial charge in [0.1, 0.15) is 0 Å². The first-order chi connectivity index (χ1) is 10.1. The average molecular weight is 289 g/mol. The normalized spacial score (nSPS) is 21.6. The van der Waals surface area contributed by atoms with Crippen LogP contribution >= 0.6 is 0 Å². The fourth-order valence-corrected chi connectivity index (χ4v) is 3.33. The number of carbonyl (C=O) groups excluding carboxylic acids is 1. The van der Waals surface area contributed by atoms with Gasteiger partial charge >= 0.3 is 0 Å². The third-order valence-electron chi connectivity index (χ3n) is 4.60. The van der Waals surface area contributed by atoms with Crippen LogP contribution in [0.1, 0.15) is 47.5 Å². The van der Waals surface area contributed by atoms with Gasteiger partial charge in [-0.3, -0.25) is 4.79 Å². The van der Waals surface area contributed by atoms with Crippen molar-refractivity contribution in [3.05, 3.63) is 35.4 Å². The molecule has 1 heterocycles. The second-order valence-electron chi connectivity index (χ2n) is 6.20. The molecule has 21 heavy (non-hydrogen) atoms. The van der Waals surface area contributed by atoms with E-state index in [0.717, 1.165) is 44.5 Å². The molecule has 4 heteroatoms. The van der Waals surface area contributed by atoms with Gasteiger partial charge in [0.05, 0.1) is 13.2 Å². The molecule has 114 valence electrons. The maximum Gasteiger partial charge on any atom is 0.253 e. The van der Waals surface area contributed by atoms with Gasteiger partial charge in [0.2, 0.25) is 0 Å². The molecule has 1 aromatic rings. The lowest BCUT2D eigenvalue weighted by atomic mass is 9.81. The van der Waals surface area contributed by atoms with Gasteiger partial charge in [0.15, 0.2) is 5.79 Å². The highest BCUT2D eigenvalue weighted by atomic mass is 16.7. The molecule has 1 aliphatic heterocycles. The minimum Gasteiger partial charge on any atom is -0.348 e. The Labute approximate surface area is 126 Å². The van der Waals surface area contributed by atoms with Crippen LogP contribution in [-0.4, -0.2) is 43.9 Å². The third-order valence-corrected chi connectivity index (χ3v) is 4.60. The van der Waals surface area contributed by atoms with Crippen molar-refractivity contribution in [1.29, 1.82) is 0 Å². The van der Waals surface area contributed by atoms with Crippen molar-refractivity contribution in [2.75, 3.05) is 27.3 Å². The maximum absolute atomic E-state index is 11.9. The molecule has 2 fully saturated rings. The van der Waals surface area contributed by atoms with Crippen LogP contribution in [0.2, 0.25) is 0 Å². The maximum atomic E-state index is 11.9. The molecule has 1 aliphatic carbocycles. The molecule has 0 aromatic heterocycles. The smallest absolute Gasteiger partial charge is 0.253 e. The molecule has 0 bridgehead atoms. The number of hydrogen-bond acceptors (Lipinski definition) is 3. The molecule has 1 saturated carbocycles. The average Bonchev–Trinajstić information content (AvgIpc) is 2.96. The van der Waals surface area contributed by atoms with Crippen molar-refractivity contribution >= 4 is 5.91 Å². The van der Waals surface area contributed by atoms with Gasteiger partial charge in [-0.2, -0.15) is 0 Å². The number of nitrogens with zero attached hydrogens (tertiary/aromatic N) is 1. The number of amides is 1. The third kappa shape index (κ3) is 2.97. The van der Waals surface area contributed by atoms with Crippen LogP contribution in [0.5, 0.6) is 0 Å². The molecule has 0 radical (unpaired) electrons. The summed E-state index contributed by atoms with van der Waals surface area (Å²) in [7, 11) is 3.55. The van der Waals surface area contributed by atoms with E-state index in [1.54, 1.807) is 19.0 Å². The fourth-order valence-electron chi connectivity index (χ4n) is 3.33. The highest BCUT2D eigenvalue weighted by Crippen LogP contribution is 2.42. The van der Waals surface area contributed by atoms with E-state index in [1.165, 1.54) is 5.56 Å². The monoisotopic (exact) mass is 289 g/mol. The molecule has 1 spiro atoms. The lowest BCUT2D eigenvalue weighted by Gasteiger charge is -2.35. The van der Waals surface area contributed by atoms with E-state index in [9.17, 15) is 4.79 Å².